The lowest BCUT2D eigenvalue weighted by Gasteiger charge is -2.27. The van der Waals surface area contributed by atoms with Crippen molar-refractivity contribution in [3.63, 3.8) is 0 Å². The van der Waals surface area contributed by atoms with Gasteiger partial charge in [0.05, 0.1) is 5.56 Å². The minimum absolute atomic E-state index is 0.0277. The van der Waals surface area contributed by atoms with E-state index in [0.29, 0.717) is 41.6 Å². The molecule has 1 aromatic carbocycles. The maximum Gasteiger partial charge on any atom is 0.419 e. The third-order valence-corrected chi connectivity index (χ3v) is 6.03. The Morgan fingerprint density at radius 1 is 1.18 bits per heavy atom. The highest BCUT2D eigenvalue weighted by molar-refractivity contribution is 5.90. The Kier molecular flexibility index (Phi) is 8.23. The van der Waals surface area contributed by atoms with Crippen LogP contribution < -0.4 is 15.8 Å². The second kappa shape index (κ2) is 10.8. The Hall–Kier alpha value is -2.61. The Balaban J connectivity index is 1.77. The van der Waals surface area contributed by atoms with Crippen LogP contribution in [0.1, 0.15) is 64.9 Å². The van der Waals surface area contributed by atoms with E-state index < -0.39 is 17.3 Å². The number of anilines is 1. The summed E-state index contributed by atoms with van der Waals surface area (Å²) in [4.78, 5) is 16.5. The Labute approximate surface area is 199 Å². The van der Waals surface area contributed by atoms with Crippen LogP contribution in [-0.4, -0.2) is 23.0 Å². The number of nitrogens with zero attached hydrogens (tertiary/aromatic N) is 1. The SMILES string of the molecule is CC(C)C[C@](C)(N)COc1ccc(-c2ccnc(NC(=O)CC3CCCC3)c2)cc1C(F)(F)F. The van der Waals surface area contributed by atoms with Crippen LogP contribution in [0.3, 0.4) is 0 Å². The summed E-state index contributed by atoms with van der Waals surface area (Å²) in [6.45, 7) is 5.75. The molecule has 2 aromatic rings. The summed E-state index contributed by atoms with van der Waals surface area (Å²) in [5.74, 6) is 0.629. The van der Waals surface area contributed by atoms with Crippen LogP contribution in [0.25, 0.3) is 11.1 Å². The van der Waals surface area contributed by atoms with Crippen LogP contribution in [0.15, 0.2) is 36.5 Å². The lowest BCUT2D eigenvalue weighted by Crippen LogP contribution is -2.43. The van der Waals surface area contributed by atoms with Gasteiger partial charge in [0.25, 0.3) is 0 Å². The first-order valence-corrected chi connectivity index (χ1v) is 11.8. The number of carbonyl (C=O) groups excluding carboxylic acids is 1. The molecule has 1 atom stereocenters. The number of aromatic nitrogens is 1. The van der Waals surface area contributed by atoms with E-state index in [0.717, 1.165) is 31.7 Å². The standard InChI is InChI=1S/C26H34F3N3O2/c1-17(2)15-25(3,30)16-34-22-9-8-19(13-21(22)26(27,28)29)20-10-11-31-23(14-20)32-24(33)12-18-6-4-5-7-18/h8-11,13-14,17-18H,4-7,12,15-16,30H2,1-3H3,(H,31,32,33)/t25-/m0/s1. The van der Waals surface area contributed by atoms with E-state index in [1.54, 1.807) is 25.1 Å². The predicted octanol–water partition coefficient (Wildman–Crippen LogP) is 6.43. The molecular formula is C26H34F3N3O2. The monoisotopic (exact) mass is 477 g/mol. The van der Waals surface area contributed by atoms with E-state index in [9.17, 15) is 18.0 Å². The number of halogens is 3. The third-order valence-electron chi connectivity index (χ3n) is 6.03. The van der Waals surface area contributed by atoms with Gasteiger partial charge in [-0.25, -0.2) is 4.98 Å². The fraction of sp³-hybridized carbons (Fsp3) is 0.538. The van der Waals surface area contributed by atoms with Gasteiger partial charge < -0.3 is 15.8 Å². The zero-order valence-corrected chi connectivity index (χ0v) is 20.0. The number of ether oxygens (including phenoxy) is 1. The second-order valence-electron chi connectivity index (χ2n) is 10.1. The molecule has 0 spiro atoms. The maximum atomic E-state index is 13.8. The molecule has 0 unspecified atom stereocenters. The smallest absolute Gasteiger partial charge is 0.419 e. The van der Waals surface area contributed by atoms with Crippen LogP contribution in [0, 0.1) is 11.8 Å². The average molecular weight is 478 g/mol. The lowest BCUT2D eigenvalue weighted by atomic mass is 9.93. The largest absolute Gasteiger partial charge is 0.491 e. The molecular weight excluding hydrogens is 443 g/mol. The van der Waals surface area contributed by atoms with Gasteiger partial charge in [-0.15, -0.1) is 0 Å². The molecule has 0 aliphatic heterocycles. The van der Waals surface area contributed by atoms with Gasteiger partial charge >= 0.3 is 6.18 Å². The number of pyridine rings is 1. The van der Waals surface area contributed by atoms with Crippen molar-refractivity contribution in [3.05, 3.63) is 42.1 Å². The Morgan fingerprint density at radius 3 is 2.50 bits per heavy atom. The number of rotatable bonds is 9. The van der Waals surface area contributed by atoms with E-state index in [4.69, 9.17) is 10.5 Å². The van der Waals surface area contributed by atoms with Gasteiger partial charge in [0.2, 0.25) is 5.91 Å². The molecule has 8 heteroatoms. The van der Waals surface area contributed by atoms with Crippen molar-refractivity contribution in [1.29, 1.82) is 0 Å². The number of hydrogen-bond donors (Lipinski definition) is 2. The molecule has 0 bridgehead atoms. The van der Waals surface area contributed by atoms with Crippen LogP contribution in [-0.2, 0) is 11.0 Å². The molecule has 186 valence electrons. The molecule has 1 saturated carbocycles. The Bertz CT molecular complexity index is 983. The van der Waals surface area contributed by atoms with E-state index >= 15 is 0 Å². The minimum Gasteiger partial charge on any atom is -0.491 e. The molecule has 1 amide bonds. The average Bonchev–Trinajstić information content (AvgIpc) is 3.23. The van der Waals surface area contributed by atoms with E-state index in [1.807, 2.05) is 13.8 Å². The molecule has 1 aromatic heterocycles. The van der Waals surface area contributed by atoms with E-state index in [-0.39, 0.29) is 18.3 Å². The highest BCUT2D eigenvalue weighted by Crippen LogP contribution is 2.39. The van der Waals surface area contributed by atoms with Gasteiger partial charge in [0.15, 0.2) is 0 Å². The van der Waals surface area contributed by atoms with Gasteiger partial charge in [-0.2, -0.15) is 13.2 Å². The third kappa shape index (κ3) is 7.45. The highest BCUT2D eigenvalue weighted by atomic mass is 19.4. The Morgan fingerprint density at radius 2 is 1.85 bits per heavy atom. The zero-order chi connectivity index (χ0) is 24.9. The zero-order valence-electron chi connectivity index (χ0n) is 20.0. The fourth-order valence-corrected chi connectivity index (χ4v) is 4.64. The number of alkyl halides is 3. The number of amides is 1. The van der Waals surface area contributed by atoms with Gasteiger partial charge in [-0.1, -0.05) is 32.8 Å². The first-order chi connectivity index (χ1) is 15.9. The summed E-state index contributed by atoms with van der Waals surface area (Å²) >= 11 is 0. The topological polar surface area (TPSA) is 77.2 Å². The molecule has 1 aliphatic rings. The summed E-state index contributed by atoms with van der Waals surface area (Å²) < 4.78 is 47.1. The number of carbonyl (C=O) groups is 1. The maximum absolute atomic E-state index is 13.8. The quantitative estimate of drug-likeness (QED) is 0.436. The van der Waals surface area contributed by atoms with E-state index in [1.165, 1.54) is 12.3 Å². The molecule has 3 N–H and O–H groups in total. The van der Waals surface area contributed by atoms with Crippen molar-refractivity contribution in [2.45, 2.75) is 71.0 Å². The van der Waals surface area contributed by atoms with Gasteiger partial charge in [0.1, 0.15) is 18.2 Å². The molecule has 34 heavy (non-hydrogen) atoms. The predicted molar refractivity (Wildman–Crippen MR) is 127 cm³/mol. The van der Waals surface area contributed by atoms with Crippen LogP contribution in [0.4, 0.5) is 19.0 Å². The summed E-state index contributed by atoms with van der Waals surface area (Å²) in [5.41, 5.74) is 5.47. The van der Waals surface area contributed by atoms with Crippen LogP contribution in [0.5, 0.6) is 5.75 Å². The lowest BCUT2D eigenvalue weighted by molar-refractivity contribution is -0.139. The summed E-state index contributed by atoms with van der Waals surface area (Å²) in [6, 6.07) is 7.15. The van der Waals surface area contributed by atoms with Crippen molar-refractivity contribution in [1.82, 2.24) is 4.98 Å². The molecule has 0 saturated heterocycles. The molecule has 3 rings (SSSR count). The van der Waals surface area contributed by atoms with Crippen LogP contribution >= 0.6 is 0 Å². The highest BCUT2D eigenvalue weighted by Gasteiger charge is 2.35. The molecule has 5 nitrogen and oxygen atoms in total. The number of nitrogens with two attached hydrogens (primary N) is 1. The van der Waals surface area contributed by atoms with Gasteiger partial charge in [-0.05, 0) is 73.4 Å². The molecule has 1 aliphatic carbocycles. The van der Waals surface area contributed by atoms with Crippen molar-refractivity contribution in [2.24, 2.45) is 17.6 Å². The number of nitrogens with one attached hydrogen (secondary N) is 1. The van der Waals surface area contributed by atoms with Crippen molar-refractivity contribution < 1.29 is 22.7 Å². The van der Waals surface area contributed by atoms with Gasteiger partial charge in [-0.3, -0.25) is 4.79 Å². The van der Waals surface area contributed by atoms with Crippen LogP contribution in [0.2, 0.25) is 0 Å². The molecule has 1 heterocycles. The van der Waals surface area contributed by atoms with Gasteiger partial charge in [0, 0.05) is 18.2 Å². The fourth-order valence-electron chi connectivity index (χ4n) is 4.64. The molecule has 1 fully saturated rings. The first-order valence-electron chi connectivity index (χ1n) is 11.8. The first kappa shape index (κ1) is 26.0. The number of benzene rings is 1. The molecule has 0 radical (unpaired) electrons. The minimum atomic E-state index is -4.60. The number of hydrogen-bond acceptors (Lipinski definition) is 4. The van der Waals surface area contributed by atoms with E-state index in [2.05, 4.69) is 10.3 Å². The van der Waals surface area contributed by atoms with Crippen molar-refractivity contribution >= 4 is 11.7 Å². The summed E-state index contributed by atoms with van der Waals surface area (Å²) in [7, 11) is 0. The van der Waals surface area contributed by atoms with Crippen molar-refractivity contribution in [2.75, 3.05) is 11.9 Å². The summed E-state index contributed by atoms with van der Waals surface area (Å²) in [5, 5.41) is 2.78. The second-order valence-corrected chi connectivity index (χ2v) is 10.1. The normalized spacial score (nSPS) is 16.5. The van der Waals surface area contributed by atoms with Crippen molar-refractivity contribution in [3.8, 4) is 16.9 Å². The summed E-state index contributed by atoms with van der Waals surface area (Å²) in [6.07, 6.45) is 2.34.